The van der Waals surface area contributed by atoms with Crippen molar-refractivity contribution in [3.05, 3.63) is 41.3 Å². The quantitative estimate of drug-likeness (QED) is 0.599. The van der Waals surface area contributed by atoms with Crippen LogP contribution in [0.15, 0.2) is 24.3 Å². The van der Waals surface area contributed by atoms with Gasteiger partial charge < -0.3 is 24.0 Å². The van der Waals surface area contributed by atoms with Gasteiger partial charge in [0.1, 0.15) is 16.8 Å². The summed E-state index contributed by atoms with van der Waals surface area (Å²) in [4.78, 5) is 26.7. The largest absolute Gasteiger partial charge is 0.477 e. The molecule has 2 N–H and O–H groups in total. The summed E-state index contributed by atoms with van der Waals surface area (Å²) in [6.07, 6.45) is 0.632. The number of amides is 1. The average molecular weight is 466 g/mol. The molecule has 2 unspecified atom stereocenters. The van der Waals surface area contributed by atoms with Crippen molar-refractivity contribution in [2.24, 2.45) is 11.8 Å². The molecule has 2 aliphatic heterocycles. The van der Waals surface area contributed by atoms with Gasteiger partial charge >= 0.3 is 12.1 Å². The molecule has 0 bridgehead atoms. The average Bonchev–Trinajstić information content (AvgIpc) is 3.26. The summed E-state index contributed by atoms with van der Waals surface area (Å²) in [7, 11) is 0. The lowest BCUT2D eigenvalue weighted by atomic mass is 10.0. The van der Waals surface area contributed by atoms with Crippen LogP contribution in [-0.4, -0.2) is 72.6 Å². The van der Waals surface area contributed by atoms with Gasteiger partial charge in [-0.25, -0.2) is 9.59 Å². The number of rotatable bonds is 4. The van der Waals surface area contributed by atoms with E-state index in [1.165, 1.54) is 0 Å². The Hall–Kier alpha value is -3.47. The van der Waals surface area contributed by atoms with Gasteiger partial charge in [-0.2, -0.15) is 5.21 Å². The predicted molar refractivity (Wildman–Crippen MR) is 118 cm³/mol. The second-order valence-electron chi connectivity index (χ2n) is 10.3. The molecule has 34 heavy (non-hydrogen) atoms. The number of carboxylic acids is 1. The number of piperidine rings is 1. The first-order valence-electron chi connectivity index (χ1n) is 11.4. The molecule has 3 aromatic rings. The molecule has 2 saturated heterocycles. The molecule has 178 valence electrons. The molecule has 11 nitrogen and oxygen atoms in total. The topological polar surface area (TPSA) is 135 Å². The van der Waals surface area contributed by atoms with E-state index in [9.17, 15) is 14.7 Å². The fourth-order valence-corrected chi connectivity index (χ4v) is 5.66. The predicted octanol–water partition coefficient (Wildman–Crippen LogP) is 2.55. The highest BCUT2D eigenvalue weighted by Gasteiger charge is 2.74. The van der Waals surface area contributed by atoms with Crippen molar-refractivity contribution in [3.63, 3.8) is 0 Å². The zero-order valence-corrected chi connectivity index (χ0v) is 19.2. The molecule has 3 fully saturated rings. The Morgan fingerprint density at radius 2 is 1.97 bits per heavy atom. The van der Waals surface area contributed by atoms with Crippen LogP contribution < -0.4 is 0 Å². The minimum absolute atomic E-state index is 0.0508. The van der Waals surface area contributed by atoms with Crippen LogP contribution >= 0.6 is 0 Å². The molecule has 1 saturated carbocycles. The summed E-state index contributed by atoms with van der Waals surface area (Å²) >= 11 is 0. The molecule has 1 amide bonds. The Kier molecular flexibility index (Phi) is 4.35. The fourth-order valence-electron chi connectivity index (χ4n) is 5.66. The van der Waals surface area contributed by atoms with Gasteiger partial charge in [0, 0.05) is 42.2 Å². The van der Waals surface area contributed by atoms with Crippen molar-refractivity contribution in [3.8, 4) is 0 Å². The number of nitrogens with zero attached hydrogens (tertiary/aromatic N) is 5. The van der Waals surface area contributed by atoms with Crippen LogP contribution in [0.3, 0.4) is 0 Å². The second kappa shape index (κ2) is 7.02. The van der Waals surface area contributed by atoms with E-state index >= 15 is 0 Å². The van der Waals surface area contributed by atoms with Gasteiger partial charge in [0.2, 0.25) is 5.82 Å². The molecular weight excluding hydrogens is 440 g/mol. The first-order valence-corrected chi connectivity index (χ1v) is 11.4. The highest BCUT2D eigenvalue weighted by atomic mass is 16.6. The zero-order chi connectivity index (χ0) is 23.8. The number of aromatic carboxylic acids is 1. The number of carbonyl (C=O) groups is 2. The van der Waals surface area contributed by atoms with E-state index in [2.05, 4.69) is 20.6 Å². The van der Waals surface area contributed by atoms with Crippen molar-refractivity contribution in [1.29, 1.82) is 0 Å². The van der Waals surface area contributed by atoms with Crippen LogP contribution in [0.2, 0.25) is 0 Å². The number of aromatic amines is 1. The lowest BCUT2D eigenvalue weighted by Crippen LogP contribution is -2.41. The van der Waals surface area contributed by atoms with Gasteiger partial charge in [-0.15, -0.1) is 10.2 Å². The van der Waals surface area contributed by atoms with E-state index in [1.807, 2.05) is 43.5 Å². The summed E-state index contributed by atoms with van der Waals surface area (Å²) in [5.74, 6) is -0.742. The number of hydrogen-bond acceptors (Lipinski definition) is 7. The van der Waals surface area contributed by atoms with E-state index in [4.69, 9.17) is 9.47 Å². The Balaban J connectivity index is 1.43. The van der Waals surface area contributed by atoms with E-state index < -0.39 is 17.1 Å². The number of H-pyrrole nitrogens is 1. The summed E-state index contributed by atoms with van der Waals surface area (Å²) in [6, 6.07) is 7.63. The van der Waals surface area contributed by atoms with E-state index in [1.54, 1.807) is 11.0 Å². The summed E-state index contributed by atoms with van der Waals surface area (Å²) in [5, 5.41) is 25.8. The molecule has 0 spiro atoms. The number of nitrogens with one attached hydrogen (secondary N) is 1. The first-order chi connectivity index (χ1) is 16.2. The van der Waals surface area contributed by atoms with Crippen LogP contribution in [-0.2, 0) is 15.0 Å². The zero-order valence-electron chi connectivity index (χ0n) is 19.2. The number of likely N-dealkylation sites (tertiary alicyclic amines) is 1. The molecule has 11 heteroatoms. The van der Waals surface area contributed by atoms with Crippen LogP contribution in [0.1, 0.15) is 55.2 Å². The number of fused-ring (bicyclic) bond motifs is 2. The number of carbonyl (C=O) groups excluding carboxylic acids is 1. The summed E-state index contributed by atoms with van der Waals surface area (Å²) < 4.78 is 13.0. The molecule has 4 heterocycles. The smallest absolute Gasteiger partial charge is 0.410 e. The number of hydrogen-bond donors (Lipinski definition) is 2. The minimum Gasteiger partial charge on any atom is -0.477 e. The highest BCUT2D eigenvalue weighted by Crippen LogP contribution is 2.64. The molecule has 6 rings (SSSR count). The van der Waals surface area contributed by atoms with Crippen molar-refractivity contribution in [1.82, 2.24) is 30.1 Å². The van der Waals surface area contributed by atoms with E-state index in [0.29, 0.717) is 18.9 Å². The molecule has 1 aromatic carbocycles. The number of benzene rings is 1. The highest BCUT2D eigenvalue weighted by molar-refractivity contribution is 5.95. The normalized spacial score (nSPS) is 28.0. The number of ether oxygens (including phenoxy) is 2. The van der Waals surface area contributed by atoms with Crippen molar-refractivity contribution >= 4 is 23.0 Å². The van der Waals surface area contributed by atoms with Crippen LogP contribution in [0.25, 0.3) is 10.9 Å². The van der Waals surface area contributed by atoms with Gasteiger partial charge in [-0.3, -0.25) is 0 Å². The maximum atomic E-state index is 12.7. The van der Waals surface area contributed by atoms with E-state index in [0.717, 1.165) is 29.5 Å². The minimum atomic E-state index is -1.03. The summed E-state index contributed by atoms with van der Waals surface area (Å²) in [5.41, 5.74) is 0.570. The molecule has 0 radical (unpaired) electrons. The number of aromatic nitrogens is 5. The SMILES string of the molecule is CC(C)(C)OC(=O)N1C[C@@H]2[C@H](C1)C2(c1nn[nH]n1)n1c(C(=O)O)cc2cc(C3CCO3)ccc21. The Labute approximate surface area is 195 Å². The third-order valence-corrected chi connectivity index (χ3v) is 7.18. The number of carboxylic acid groups (broad SMARTS) is 1. The number of tetrazole rings is 1. The van der Waals surface area contributed by atoms with Crippen molar-refractivity contribution in [2.75, 3.05) is 19.7 Å². The Morgan fingerprint density at radius 1 is 1.24 bits per heavy atom. The molecule has 3 aliphatic rings. The Bertz CT molecular complexity index is 1280. The van der Waals surface area contributed by atoms with Crippen LogP contribution in [0.4, 0.5) is 4.79 Å². The van der Waals surface area contributed by atoms with Gasteiger partial charge in [0.05, 0.1) is 12.7 Å². The lowest BCUT2D eigenvalue weighted by molar-refractivity contribution is -0.0526. The maximum Gasteiger partial charge on any atom is 0.410 e. The first kappa shape index (κ1) is 21.1. The molecule has 4 atom stereocenters. The Morgan fingerprint density at radius 3 is 2.53 bits per heavy atom. The lowest BCUT2D eigenvalue weighted by Gasteiger charge is -2.30. The van der Waals surface area contributed by atoms with Gasteiger partial charge in [0.25, 0.3) is 0 Å². The van der Waals surface area contributed by atoms with Gasteiger partial charge in [-0.05, 0) is 44.5 Å². The fraction of sp³-hybridized carbons (Fsp3) is 0.522. The molecular formula is C23H26N6O5. The van der Waals surface area contributed by atoms with Gasteiger partial charge in [0.15, 0.2) is 0 Å². The second-order valence-corrected chi connectivity index (χ2v) is 10.3. The maximum absolute atomic E-state index is 12.7. The molecule has 2 aromatic heterocycles. The van der Waals surface area contributed by atoms with Crippen LogP contribution in [0, 0.1) is 11.8 Å². The van der Waals surface area contributed by atoms with Gasteiger partial charge in [-0.1, -0.05) is 11.3 Å². The van der Waals surface area contributed by atoms with E-state index in [-0.39, 0.29) is 29.7 Å². The molecule has 1 aliphatic carbocycles. The monoisotopic (exact) mass is 466 g/mol. The third kappa shape index (κ3) is 2.96. The van der Waals surface area contributed by atoms with Crippen molar-refractivity contribution < 1.29 is 24.2 Å². The van der Waals surface area contributed by atoms with Crippen LogP contribution in [0.5, 0.6) is 0 Å². The summed E-state index contributed by atoms with van der Waals surface area (Å²) in [6.45, 7) is 7.07. The van der Waals surface area contributed by atoms with Crippen molar-refractivity contribution in [2.45, 2.75) is 44.4 Å². The standard InChI is InChI=1S/C23H26N6O5/c1-22(2,3)34-21(32)28-10-14-15(11-28)23(14,20-24-26-27-25-20)29-16-5-4-12(18-6-7-33-18)8-13(16)9-17(29)19(30)31/h4-5,8-9,14-15,18H,6-7,10-11H2,1-3H3,(H,30,31)(H,24,25,26,27)/t14-,15+,18?,23?. The third-order valence-electron chi connectivity index (χ3n) is 7.18.